The number of hydrogen-bond acceptors (Lipinski definition) is 6. The van der Waals surface area contributed by atoms with Gasteiger partial charge in [-0.3, -0.25) is 4.98 Å². The van der Waals surface area contributed by atoms with Gasteiger partial charge in [0.05, 0.1) is 6.20 Å². The van der Waals surface area contributed by atoms with E-state index in [0.717, 1.165) is 11.1 Å². The molecule has 0 saturated heterocycles. The van der Waals surface area contributed by atoms with E-state index in [-0.39, 0.29) is 17.1 Å². The Morgan fingerprint density at radius 2 is 1.74 bits per heavy atom. The zero-order valence-electron chi connectivity index (χ0n) is 18.0. The first-order valence-electron chi connectivity index (χ1n) is 10.1. The quantitative estimate of drug-likeness (QED) is 0.374. The Morgan fingerprint density at radius 1 is 0.971 bits per heavy atom. The second kappa shape index (κ2) is 9.63. The topological polar surface area (TPSA) is 108 Å². The first-order chi connectivity index (χ1) is 16.3. The molecule has 4 rings (SSSR count). The molecule has 34 heavy (non-hydrogen) atoms. The predicted octanol–water partition coefficient (Wildman–Crippen LogP) is 5.47. The summed E-state index contributed by atoms with van der Waals surface area (Å²) in [7, 11) is 0. The number of rotatable bonds is 7. The van der Waals surface area contributed by atoms with Crippen LogP contribution in [0.2, 0.25) is 0 Å². The number of ether oxygens (including phenoxy) is 2. The van der Waals surface area contributed by atoms with Crippen molar-refractivity contribution in [1.29, 1.82) is 0 Å². The lowest BCUT2D eigenvalue weighted by atomic mass is 10.0. The van der Waals surface area contributed by atoms with Gasteiger partial charge < -0.3 is 20.3 Å². The van der Waals surface area contributed by atoms with E-state index in [2.05, 4.69) is 9.97 Å². The fourth-order valence-electron chi connectivity index (χ4n) is 3.19. The summed E-state index contributed by atoms with van der Waals surface area (Å²) in [5, 5.41) is 9.36. The van der Waals surface area contributed by atoms with Crippen molar-refractivity contribution in [3.8, 4) is 34.4 Å². The minimum atomic E-state index is -1.27. The number of nitrogens with two attached hydrogens (primary N) is 1. The molecule has 0 radical (unpaired) electrons. The highest BCUT2D eigenvalue weighted by Crippen LogP contribution is 2.32. The SMILES string of the molecule is Cc1ccc(C(=O)O)c(Oc2nc(Oc3cncc(-c4cccc(CN)c4)c3)c(F)cc2F)c1. The molecule has 0 unspecified atom stereocenters. The van der Waals surface area contributed by atoms with Gasteiger partial charge >= 0.3 is 5.97 Å². The molecule has 0 aliphatic rings. The molecule has 0 spiro atoms. The van der Waals surface area contributed by atoms with Crippen molar-refractivity contribution >= 4 is 5.97 Å². The Morgan fingerprint density at radius 3 is 2.47 bits per heavy atom. The Kier molecular flexibility index (Phi) is 6.46. The number of hydrogen-bond donors (Lipinski definition) is 2. The minimum absolute atomic E-state index is 0.139. The first-order valence-corrected chi connectivity index (χ1v) is 10.1. The summed E-state index contributed by atoms with van der Waals surface area (Å²) < 4.78 is 39.7. The lowest BCUT2D eigenvalue weighted by molar-refractivity contribution is 0.0694. The minimum Gasteiger partial charge on any atom is -0.478 e. The molecule has 4 aromatic rings. The lowest BCUT2D eigenvalue weighted by Gasteiger charge is -2.12. The summed E-state index contributed by atoms with van der Waals surface area (Å²) in [5.74, 6) is -4.63. The molecule has 9 heteroatoms. The number of aromatic carboxylic acids is 1. The molecule has 172 valence electrons. The van der Waals surface area contributed by atoms with Crippen molar-refractivity contribution in [2.75, 3.05) is 0 Å². The standard InChI is InChI=1S/C25H19F2N3O4/c1-14-5-6-19(25(31)32)22(7-14)34-24-21(27)10-20(26)23(30-24)33-18-9-17(12-29-13-18)16-4-2-3-15(8-16)11-28/h2-10,12-13H,11,28H2,1H3,(H,31,32). The average molecular weight is 463 g/mol. The Hall–Kier alpha value is -4.37. The molecule has 0 saturated carbocycles. The van der Waals surface area contributed by atoms with Gasteiger partial charge in [-0.15, -0.1) is 0 Å². The monoisotopic (exact) mass is 463 g/mol. The van der Waals surface area contributed by atoms with Crippen molar-refractivity contribution in [3.63, 3.8) is 0 Å². The average Bonchev–Trinajstić information content (AvgIpc) is 2.82. The van der Waals surface area contributed by atoms with E-state index in [1.54, 1.807) is 25.3 Å². The van der Waals surface area contributed by atoms with Crippen LogP contribution in [0.1, 0.15) is 21.5 Å². The maximum absolute atomic E-state index is 14.4. The van der Waals surface area contributed by atoms with Crippen molar-refractivity contribution in [1.82, 2.24) is 9.97 Å². The highest BCUT2D eigenvalue weighted by atomic mass is 19.1. The van der Waals surface area contributed by atoms with Gasteiger partial charge in [0.25, 0.3) is 11.8 Å². The maximum Gasteiger partial charge on any atom is 0.339 e. The van der Waals surface area contributed by atoms with Gasteiger partial charge in [-0.25, -0.2) is 13.6 Å². The third-order valence-electron chi connectivity index (χ3n) is 4.86. The van der Waals surface area contributed by atoms with E-state index >= 15 is 0 Å². The largest absolute Gasteiger partial charge is 0.478 e. The number of carboxylic acid groups (broad SMARTS) is 1. The molecule has 2 heterocycles. The fraction of sp³-hybridized carbons (Fsp3) is 0.0800. The maximum atomic E-state index is 14.4. The van der Waals surface area contributed by atoms with E-state index in [4.69, 9.17) is 15.2 Å². The highest BCUT2D eigenvalue weighted by molar-refractivity contribution is 5.91. The highest BCUT2D eigenvalue weighted by Gasteiger charge is 2.19. The Balaban J connectivity index is 1.65. The van der Waals surface area contributed by atoms with Crippen LogP contribution in [0.15, 0.2) is 67.0 Å². The van der Waals surface area contributed by atoms with E-state index in [9.17, 15) is 18.7 Å². The molecule has 7 nitrogen and oxygen atoms in total. The number of benzene rings is 2. The van der Waals surface area contributed by atoms with E-state index in [1.165, 1.54) is 18.3 Å². The number of carboxylic acids is 1. The summed E-state index contributed by atoms with van der Waals surface area (Å²) in [4.78, 5) is 19.4. The Bertz CT molecular complexity index is 1380. The second-order valence-electron chi connectivity index (χ2n) is 7.39. The normalized spacial score (nSPS) is 10.7. The summed E-state index contributed by atoms with van der Waals surface area (Å²) >= 11 is 0. The summed E-state index contributed by atoms with van der Waals surface area (Å²) in [5.41, 5.74) is 8.63. The van der Waals surface area contributed by atoms with Gasteiger partial charge in [0.15, 0.2) is 11.6 Å². The van der Waals surface area contributed by atoms with E-state index < -0.39 is 29.4 Å². The molecule has 0 aliphatic carbocycles. The van der Waals surface area contributed by atoms with Crippen molar-refractivity contribution < 1.29 is 28.2 Å². The number of aromatic nitrogens is 2. The van der Waals surface area contributed by atoms with Crippen LogP contribution in [0.25, 0.3) is 11.1 Å². The molecular formula is C25H19F2N3O4. The molecule has 2 aromatic carbocycles. The Labute approximate surface area is 193 Å². The zero-order chi connectivity index (χ0) is 24.2. The summed E-state index contributed by atoms with van der Waals surface area (Å²) in [6.45, 7) is 2.08. The van der Waals surface area contributed by atoms with Gasteiger partial charge in [0.2, 0.25) is 0 Å². The van der Waals surface area contributed by atoms with Crippen LogP contribution in [0.4, 0.5) is 8.78 Å². The molecule has 0 amide bonds. The van der Waals surface area contributed by atoms with Crippen molar-refractivity contribution in [3.05, 3.63) is 95.3 Å². The molecule has 3 N–H and O–H groups in total. The smallest absolute Gasteiger partial charge is 0.339 e. The summed E-state index contributed by atoms with van der Waals surface area (Å²) in [6.07, 6.45) is 2.96. The summed E-state index contributed by atoms with van der Waals surface area (Å²) in [6, 6.07) is 14.0. The molecule has 0 atom stereocenters. The third-order valence-corrected chi connectivity index (χ3v) is 4.86. The van der Waals surface area contributed by atoms with Crippen LogP contribution in [0.3, 0.4) is 0 Å². The molecule has 0 fully saturated rings. The molecule has 0 aliphatic heterocycles. The van der Waals surface area contributed by atoms with Crippen LogP contribution >= 0.6 is 0 Å². The van der Waals surface area contributed by atoms with Gasteiger partial charge in [0, 0.05) is 24.4 Å². The number of aryl methyl sites for hydroxylation is 1. The predicted molar refractivity (Wildman–Crippen MR) is 120 cm³/mol. The van der Waals surface area contributed by atoms with Crippen LogP contribution in [0, 0.1) is 18.6 Å². The van der Waals surface area contributed by atoms with Crippen LogP contribution < -0.4 is 15.2 Å². The van der Waals surface area contributed by atoms with E-state index in [0.29, 0.717) is 23.7 Å². The van der Waals surface area contributed by atoms with Crippen LogP contribution in [0.5, 0.6) is 23.3 Å². The first kappa shape index (κ1) is 22.8. The third kappa shape index (κ3) is 5.00. The van der Waals surface area contributed by atoms with Crippen LogP contribution in [-0.4, -0.2) is 21.0 Å². The molecule has 2 aromatic heterocycles. The van der Waals surface area contributed by atoms with Crippen LogP contribution in [-0.2, 0) is 6.54 Å². The number of nitrogens with zero attached hydrogens (tertiary/aromatic N) is 2. The zero-order valence-corrected chi connectivity index (χ0v) is 18.0. The van der Waals surface area contributed by atoms with Gasteiger partial charge in [-0.05, 0) is 47.9 Å². The van der Waals surface area contributed by atoms with E-state index in [1.807, 2.05) is 24.3 Å². The lowest BCUT2D eigenvalue weighted by Crippen LogP contribution is -2.03. The number of carbonyl (C=O) groups is 1. The number of halogens is 2. The van der Waals surface area contributed by atoms with Gasteiger partial charge in [0.1, 0.15) is 17.1 Å². The molecule has 0 bridgehead atoms. The van der Waals surface area contributed by atoms with Gasteiger partial charge in [-0.1, -0.05) is 24.3 Å². The van der Waals surface area contributed by atoms with Crippen molar-refractivity contribution in [2.45, 2.75) is 13.5 Å². The second-order valence-corrected chi connectivity index (χ2v) is 7.39. The van der Waals surface area contributed by atoms with Gasteiger partial charge in [-0.2, -0.15) is 4.98 Å². The van der Waals surface area contributed by atoms with Crippen molar-refractivity contribution in [2.24, 2.45) is 5.73 Å². The molecular weight excluding hydrogens is 444 g/mol. The fourth-order valence-corrected chi connectivity index (χ4v) is 3.19. The number of pyridine rings is 2.